The van der Waals surface area contributed by atoms with Crippen LogP contribution < -0.4 is 5.32 Å². The molecule has 1 N–H and O–H groups in total. The highest BCUT2D eigenvalue weighted by Crippen LogP contribution is 2.24. The van der Waals surface area contributed by atoms with Crippen molar-refractivity contribution in [2.24, 2.45) is 0 Å². The Morgan fingerprint density at radius 1 is 1.19 bits per heavy atom. The van der Waals surface area contributed by atoms with Gasteiger partial charge in [0.25, 0.3) is 0 Å². The second-order valence-corrected chi connectivity index (χ2v) is 7.71. The van der Waals surface area contributed by atoms with Gasteiger partial charge in [-0.3, -0.25) is 4.79 Å². The van der Waals surface area contributed by atoms with Gasteiger partial charge in [-0.25, -0.2) is 0 Å². The van der Waals surface area contributed by atoms with Crippen LogP contribution in [-0.4, -0.2) is 21.8 Å². The highest BCUT2D eigenvalue weighted by atomic mass is 35.5. The summed E-state index contributed by atoms with van der Waals surface area (Å²) < 4.78 is 5.19. The van der Waals surface area contributed by atoms with E-state index in [2.05, 4.69) is 15.5 Å². The molecule has 0 aliphatic carbocycles. The SMILES string of the molecule is Cc1ccc(-c2noc(CNC(=O)CSCc3ccc(Cl)cc3Cl)n2)cc1. The molecule has 1 heterocycles. The number of carbonyl (C=O) groups is 1. The number of aryl methyl sites for hydroxylation is 1. The Labute approximate surface area is 171 Å². The van der Waals surface area contributed by atoms with Crippen LogP contribution in [0, 0.1) is 6.92 Å². The molecule has 0 spiro atoms. The lowest BCUT2D eigenvalue weighted by Gasteiger charge is -2.05. The molecule has 1 aromatic heterocycles. The molecule has 3 aromatic rings. The fourth-order valence-corrected chi connectivity index (χ4v) is 3.68. The third-order valence-electron chi connectivity index (χ3n) is 3.72. The third-order valence-corrected chi connectivity index (χ3v) is 5.29. The van der Waals surface area contributed by atoms with Crippen molar-refractivity contribution in [2.45, 2.75) is 19.2 Å². The number of hydrogen-bond donors (Lipinski definition) is 1. The van der Waals surface area contributed by atoms with Gasteiger partial charge in [0.2, 0.25) is 17.6 Å². The summed E-state index contributed by atoms with van der Waals surface area (Å²) in [6, 6.07) is 13.2. The number of halogens is 2. The lowest BCUT2D eigenvalue weighted by atomic mass is 10.1. The molecule has 0 aliphatic heterocycles. The first kappa shape index (κ1) is 19.7. The number of amides is 1. The van der Waals surface area contributed by atoms with Gasteiger partial charge in [0.05, 0.1) is 12.3 Å². The number of rotatable bonds is 7. The smallest absolute Gasteiger partial charge is 0.246 e. The van der Waals surface area contributed by atoms with E-state index in [-0.39, 0.29) is 12.5 Å². The zero-order valence-electron chi connectivity index (χ0n) is 14.5. The number of thioether (sulfide) groups is 1. The van der Waals surface area contributed by atoms with Crippen LogP contribution in [0.2, 0.25) is 10.0 Å². The standard InChI is InChI=1S/C19H17Cl2N3O2S/c1-12-2-4-13(5-3-12)19-23-18(26-24-19)9-22-17(25)11-27-10-14-6-7-15(20)8-16(14)21/h2-8H,9-11H2,1H3,(H,22,25). The number of nitrogens with one attached hydrogen (secondary N) is 1. The fourth-order valence-electron chi connectivity index (χ4n) is 2.26. The van der Waals surface area contributed by atoms with Crippen molar-refractivity contribution in [3.8, 4) is 11.4 Å². The van der Waals surface area contributed by atoms with Gasteiger partial charge in [0.1, 0.15) is 0 Å². The fraction of sp³-hybridized carbons (Fsp3) is 0.211. The van der Waals surface area contributed by atoms with E-state index in [0.717, 1.165) is 16.7 Å². The maximum atomic E-state index is 12.0. The van der Waals surface area contributed by atoms with Gasteiger partial charge < -0.3 is 9.84 Å². The van der Waals surface area contributed by atoms with Crippen LogP contribution in [0.1, 0.15) is 17.0 Å². The Kier molecular flexibility index (Phi) is 6.77. The molecule has 0 saturated carbocycles. The summed E-state index contributed by atoms with van der Waals surface area (Å²) >= 11 is 13.5. The summed E-state index contributed by atoms with van der Waals surface area (Å²) in [4.78, 5) is 16.3. The van der Waals surface area contributed by atoms with Crippen molar-refractivity contribution in [1.82, 2.24) is 15.5 Å². The van der Waals surface area contributed by atoms with Gasteiger partial charge in [0.15, 0.2) is 0 Å². The first-order valence-electron chi connectivity index (χ1n) is 8.19. The highest BCUT2D eigenvalue weighted by Gasteiger charge is 2.10. The maximum Gasteiger partial charge on any atom is 0.246 e. The molecule has 0 unspecified atom stereocenters. The third kappa shape index (κ3) is 5.73. The number of nitrogens with zero attached hydrogens (tertiary/aromatic N) is 2. The summed E-state index contributed by atoms with van der Waals surface area (Å²) in [5.74, 6) is 1.69. The van der Waals surface area contributed by atoms with E-state index in [1.54, 1.807) is 12.1 Å². The molecule has 0 radical (unpaired) electrons. The molecule has 1 amide bonds. The van der Waals surface area contributed by atoms with E-state index in [1.807, 2.05) is 37.3 Å². The molecule has 5 nitrogen and oxygen atoms in total. The summed E-state index contributed by atoms with van der Waals surface area (Å²) in [7, 11) is 0. The van der Waals surface area contributed by atoms with Crippen LogP contribution >= 0.6 is 35.0 Å². The average molecular weight is 422 g/mol. The molecule has 0 saturated heterocycles. The van der Waals surface area contributed by atoms with E-state index < -0.39 is 0 Å². The van der Waals surface area contributed by atoms with Crippen LogP contribution in [0.15, 0.2) is 47.0 Å². The first-order valence-corrected chi connectivity index (χ1v) is 10.1. The molecule has 3 rings (SSSR count). The minimum absolute atomic E-state index is 0.111. The van der Waals surface area contributed by atoms with Crippen molar-refractivity contribution in [1.29, 1.82) is 0 Å². The van der Waals surface area contributed by atoms with E-state index in [9.17, 15) is 4.79 Å². The molecule has 8 heteroatoms. The number of hydrogen-bond acceptors (Lipinski definition) is 5. The van der Waals surface area contributed by atoms with Gasteiger partial charge >= 0.3 is 0 Å². The Morgan fingerprint density at radius 2 is 1.96 bits per heavy atom. The molecule has 0 fully saturated rings. The van der Waals surface area contributed by atoms with E-state index in [1.165, 1.54) is 11.8 Å². The second-order valence-electron chi connectivity index (χ2n) is 5.88. The Bertz CT molecular complexity index is 929. The summed E-state index contributed by atoms with van der Waals surface area (Å²) in [5.41, 5.74) is 2.97. The molecular formula is C19H17Cl2N3O2S. The van der Waals surface area contributed by atoms with Crippen molar-refractivity contribution in [2.75, 3.05) is 5.75 Å². The second kappa shape index (κ2) is 9.26. The molecule has 0 atom stereocenters. The van der Waals surface area contributed by atoms with Gasteiger partial charge in [-0.15, -0.1) is 11.8 Å². The van der Waals surface area contributed by atoms with Gasteiger partial charge in [-0.05, 0) is 24.6 Å². The first-order chi connectivity index (χ1) is 13.0. The predicted octanol–water partition coefficient (Wildman–Crippen LogP) is 4.90. The molecule has 0 bridgehead atoms. The van der Waals surface area contributed by atoms with Crippen LogP contribution in [0.4, 0.5) is 0 Å². The topological polar surface area (TPSA) is 68.0 Å². The van der Waals surface area contributed by atoms with Gasteiger partial charge in [-0.1, -0.05) is 64.3 Å². The average Bonchev–Trinajstić information content (AvgIpc) is 3.11. The van der Waals surface area contributed by atoms with Crippen LogP contribution in [0.5, 0.6) is 0 Å². The Morgan fingerprint density at radius 3 is 2.70 bits per heavy atom. The lowest BCUT2D eigenvalue weighted by molar-refractivity contribution is -0.118. The van der Waals surface area contributed by atoms with E-state index >= 15 is 0 Å². The van der Waals surface area contributed by atoms with Crippen molar-refractivity contribution < 1.29 is 9.32 Å². The molecular weight excluding hydrogens is 405 g/mol. The van der Waals surface area contributed by atoms with Gasteiger partial charge in [0, 0.05) is 21.4 Å². The van der Waals surface area contributed by atoms with Crippen LogP contribution in [0.25, 0.3) is 11.4 Å². The molecule has 2 aromatic carbocycles. The number of benzene rings is 2. The molecule has 27 heavy (non-hydrogen) atoms. The van der Waals surface area contributed by atoms with Crippen molar-refractivity contribution in [3.63, 3.8) is 0 Å². The zero-order valence-corrected chi connectivity index (χ0v) is 16.9. The zero-order chi connectivity index (χ0) is 19.2. The predicted molar refractivity (Wildman–Crippen MR) is 109 cm³/mol. The highest BCUT2D eigenvalue weighted by molar-refractivity contribution is 7.99. The van der Waals surface area contributed by atoms with E-state index in [0.29, 0.717) is 33.3 Å². The number of aromatic nitrogens is 2. The maximum absolute atomic E-state index is 12.0. The minimum atomic E-state index is -0.111. The summed E-state index contributed by atoms with van der Waals surface area (Å²) in [5, 5.41) is 7.91. The van der Waals surface area contributed by atoms with Crippen LogP contribution in [-0.2, 0) is 17.1 Å². The van der Waals surface area contributed by atoms with Crippen molar-refractivity contribution in [3.05, 3.63) is 69.5 Å². The Hall–Kier alpha value is -2.02. The summed E-state index contributed by atoms with van der Waals surface area (Å²) in [6.07, 6.45) is 0. The molecule has 0 aliphatic rings. The largest absolute Gasteiger partial charge is 0.346 e. The molecule has 140 valence electrons. The lowest BCUT2D eigenvalue weighted by Crippen LogP contribution is -2.24. The normalized spacial score (nSPS) is 10.8. The quantitative estimate of drug-likeness (QED) is 0.587. The number of carbonyl (C=O) groups excluding carboxylic acids is 1. The van der Waals surface area contributed by atoms with E-state index in [4.69, 9.17) is 27.7 Å². The van der Waals surface area contributed by atoms with Gasteiger partial charge in [-0.2, -0.15) is 4.98 Å². The van der Waals surface area contributed by atoms with Crippen LogP contribution in [0.3, 0.4) is 0 Å². The van der Waals surface area contributed by atoms with Crippen molar-refractivity contribution >= 4 is 40.9 Å². The Balaban J connectivity index is 1.44. The summed E-state index contributed by atoms with van der Waals surface area (Å²) in [6.45, 7) is 2.21. The monoisotopic (exact) mass is 421 g/mol. The minimum Gasteiger partial charge on any atom is -0.346 e.